The molecule has 0 aromatic heterocycles. The largest absolute Gasteiger partial charge is 0.488 e. The van der Waals surface area contributed by atoms with Crippen LogP contribution in [0.15, 0.2) is 46.4 Å². The van der Waals surface area contributed by atoms with E-state index in [9.17, 15) is 4.39 Å². The van der Waals surface area contributed by atoms with Crippen molar-refractivity contribution in [2.24, 2.45) is 16.6 Å². The van der Waals surface area contributed by atoms with E-state index in [1.54, 1.807) is 45.3 Å². The van der Waals surface area contributed by atoms with Gasteiger partial charge in [-0.1, -0.05) is 17.7 Å². The molecule has 2 aromatic rings. The van der Waals surface area contributed by atoms with Crippen molar-refractivity contribution >= 4 is 28.7 Å². The van der Waals surface area contributed by atoms with Crippen LogP contribution in [0.3, 0.4) is 0 Å². The molecule has 0 radical (unpaired) electrons. The molecule has 0 aliphatic carbocycles. The van der Waals surface area contributed by atoms with Gasteiger partial charge in [-0.05, 0) is 55.3 Å². The van der Waals surface area contributed by atoms with Crippen molar-refractivity contribution in [2.45, 2.75) is 20.5 Å². The SMILES string of the molecule is CN=C(C)C(Cl)=C(N)c1ccc(OCc2c(F)cccc2N(C)N)c(C)c1. The van der Waals surface area contributed by atoms with Crippen LogP contribution in [0.2, 0.25) is 0 Å². The van der Waals surface area contributed by atoms with Crippen LogP contribution < -0.4 is 21.3 Å². The predicted octanol–water partition coefficient (Wildman–Crippen LogP) is 3.98. The van der Waals surface area contributed by atoms with E-state index in [0.29, 0.717) is 33.4 Å². The number of ether oxygens (including phenoxy) is 1. The lowest BCUT2D eigenvalue weighted by Crippen LogP contribution is -2.27. The van der Waals surface area contributed by atoms with Crippen LogP contribution in [-0.4, -0.2) is 19.8 Å². The summed E-state index contributed by atoms with van der Waals surface area (Å²) < 4.78 is 20.0. The van der Waals surface area contributed by atoms with Crippen molar-refractivity contribution in [1.82, 2.24) is 0 Å². The molecule has 0 fully saturated rings. The lowest BCUT2D eigenvalue weighted by Gasteiger charge is -2.18. The zero-order valence-electron chi connectivity index (χ0n) is 15.9. The van der Waals surface area contributed by atoms with Crippen LogP contribution >= 0.6 is 11.6 Å². The first-order valence-corrected chi connectivity index (χ1v) is 8.72. The fraction of sp³-hybridized carbons (Fsp3) is 0.250. The minimum absolute atomic E-state index is 0.0530. The predicted molar refractivity (Wildman–Crippen MR) is 110 cm³/mol. The number of hydrogen-bond acceptors (Lipinski definition) is 5. The third-order valence-corrected chi connectivity index (χ3v) is 4.70. The highest BCUT2D eigenvalue weighted by Gasteiger charge is 2.13. The van der Waals surface area contributed by atoms with E-state index < -0.39 is 0 Å². The molecule has 5 nitrogen and oxygen atoms in total. The lowest BCUT2D eigenvalue weighted by atomic mass is 10.1. The van der Waals surface area contributed by atoms with Gasteiger partial charge in [0.25, 0.3) is 0 Å². The Morgan fingerprint density at radius 3 is 2.59 bits per heavy atom. The number of aliphatic imine (C=N–C) groups is 1. The van der Waals surface area contributed by atoms with Gasteiger partial charge in [-0.15, -0.1) is 0 Å². The van der Waals surface area contributed by atoms with E-state index in [4.69, 9.17) is 27.9 Å². The second-order valence-corrected chi connectivity index (χ2v) is 6.53. The van der Waals surface area contributed by atoms with Gasteiger partial charge in [0.2, 0.25) is 0 Å². The normalized spacial score (nSPS) is 12.6. The number of halogens is 2. The van der Waals surface area contributed by atoms with Crippen molar-refractivity contribution < 1.29 is 9.13 Å². The first-order chi connectivity index (χ1) is 12.8. The fourth-order valence-electron chi connectivity index (χ4n) is 2.57. The number of rotatable bonds is 6. The van der Waals surface area contributed by atoms with Gasteiger partial charge in [0.15, 0.2) is 0 Å². The molecule has 0 spiro atoms. The van der Waals surface area contributed by atoms with Crippen molar-refractivity contribution in [2.75, 3.05) is 19.1 Å². The Hall–Kier alpha value is -2.57. The average Bonchev–Trinajstić information content (AvgIpc) is 2.65. The highest BCUT2D eigenvalue weighted by molar-refractivity contribution is 6.46. The summed E-state index contributed by atoms with van der Waals surface area (Å²) in [5, 5.41) is 1.77. The number of benzene rings is 2. The van der Waals surface area contributed by atoms with Crippen molar-refractivity contribution in [1.29, 1.82) is 0 Å². The van der Waals surface area contributed by atoms with E-state index in [2.05, 4.69) is 4.99 Å². The molecule has 0 aliphatic heterocycles. The van der Waals surface area contributed by atoms with Gasteiger partial charge in [-0.25, -0.2) is 10.2 Å². The minimum atomic E-state index is -0.368. The summed E-state index contributed by atoms with van der Waals surface area (Å²) in [6.45, 7) is 3.73. The molecule has 0 bridgehead atoms. The van der Waals surface area contributed by atoms with E-state index in [-0.39, 0.29) is 12.4 Å². The Morgan fingerprint density at radius 2 is 2.00 bits per heavy atom. The summed E-state index contributed by atoms with van der Waals surface area (Å²) in [5.74, 6) is 6.02. The number of hydrogen-bond donors (Lipinski definition) is 2. The van der Waals surface area contributed by atoms with Gasteiger partial charge in [0.05, 0.1) is 22.1 Å². The van der Waals surface area contributed by atoms with Gasteiger partial charge in [0, 0.05) is 19.7 Å². The van der Waals surface area contributed by atoms with Crippen LogP contribution in [0.4, 0.5) is 10.1 Å². The first kappa shape index (κ1) is 20.7. The third-order valence-electron chi connectivity index (χ3n) is 4.22. The number of aryl methyl sites for hydroxylation is 1. The summed E-state index contributed by atoms with van der Waals surface area (Å²) >= 11 is 6.25. The molecule has 0 amide bonds. The maximum absolute atomic E-state index is 14.2. The van der Waals surface area contributed by atoms with Crippen LogP contribution in [0.1, 0.15) is 23.6 Å². The molecule has 27 heavy (non-hydrogen) atoms. The molecule has 0 heterocycles. The minimum Gasteiger partial charge on any atom is -0.488 e. The zero-order valence-corrected chi connectivity index (χ0v) is 16.6. The Morgan fingerprint density at radius 1 is 1.30 bits per heavy atom. The summed E-state index contributed by atoms with van der Waals surface area (Å²) in [5.41, 5.74) is 9.80. The molecule has 0 unspecified atom stereocenters. The summed E-state index contributed by atoms with van der Waals surface area (Å²) in [6.07, 6.45) is 0. The summed E-state index contributed by atoms with van der Waals surface area (Å²) in [7, 11) is 3.31. The number of nitrogens with two attached hydrogens (primary N) is 2. The zero-order chi connectivity index (χ0) is 20.1. The first-order valence-electron chi connectivity index (χ1n) is 8.34. The number of nitrogens with zero attached hydrogens (tertiary/aromatic N) is 2. The Bertz CT molecular complexity index is 894. The lowest BCUT2D eigenvalue weighted by molar-refractivity contribution is 0.298. The highest BCUT2D eigenvalue weighted by Crippen LogP contribution is 2.27. The quantitative estimate of drug-likeness (QED) is 0.444. The molecular weight excluding hydrogens is 367 g/mol. The molecule has 7 heteroatoms. The van der Waals surface area contributed by atoms with Gasteiger partial charge in [-0.2, -0.15) is 0 Å². The van der Waals surface area contributed by atoms with E-state index in [1.807, 2.05) is 13.0 Å². The molecule has 144 valence electrons. The summed E-state index contributed by atoms with van der Waals surface area (Å²) in [4.78, 5) is 4.04. The van der Waals surface area contributed by atoms with Crippen LogP contribution in [0, 0.1) is 12.7 Å². The second-order valence-electron chi connectivity index (χ2n) is 6.15. The van der Waals surface area contributed by atoms with E-state index in [1.165, 1.54) is 11.1 Å². The number of anilines is 1. The fourth-order valence-corrected chi connectivity index (χ4v) is 2.76. The second kappa shape index (κ2) is 8.88. The number of hydrazine groups is 1. The molecule has 0 saturated carbocycles. The third kappa shape index (κ3) is 4.78. The molecule has 0 atom stereocenters. The molecule has 0 aliphatic rings. The smallest absolute Gasteiger partial charge is 0.131 e. The Kier molecular flexibility index (Phi) is 6.82. The van der Waals surface area contributed by atoms with Crippen molar-refractivity contribution in [3.8, 4) is 5.75 Å². The monoisotopic (exact) mass is 390 g/mol. The number of allylic oxidation sites excluding steroid dienone is 1. The molecule has 2 rings (SSSR count). The van der Waals surface area contributed by atoms with Crippen LogP contribution in [0.25, 0.3) is 5.70 Å². The van der Waals surface area contributed by atoms with Crippen molar-refractivity contribution in [3.63, 3.8) is 0 Å². The van der Waals surface area contributed by atoms with Crippen molar-refractivity contribution in [3.05, 3.63) is 63.9 Å². The Balaban J connectivity index is 2.26. The van der Waals surface area contributed by atoms with E-state index >= 15 is 0 Å². The average molecular weight is 391 g/mol. The van der Waals surface area contributed by atoms with Gasteiger partial charge in [-0.3, -0.25) is 4.99 Å². The topological polar surface area (TPSA) is 76.9 Å². The highest BCUT2D eigenvalue weighted by atomic mass is 35.5. The van der Waals surface area contributed by atoms with E-state index in [0.717, 1.165) is 11.1 Å². The summed E-state index contributed by atoms with van der Waals surface area (Å²) in [6, 6.07) is 10.2. The van der Waals surface area contributed by atoms with Gasteiger partial charge >= 0.3 is 0 Å². The molecule has 4 N–H and O–H groups in total. The maximum atomic E-state index is 14.2. The maximum Gasteiger partial charge on any atom is 0.131 e. The molecule has 2 aromatic carbocycles. The van der Waals surface area contributed by atoms with Gasteiger partial charge < -0.3 is 15.5 Å². The van der Waals surface area contributed by atoms with Crippen LogP contribution in [0.5, 0.6) is 5.75 Å². The standard InChI is InChI=1S/C20H24ClFN4O/c1-12-10-14(20(23)19(21)13(2)25-3)8-9-18(12)27-11-15-16(22)6-5-7-17(15)26(4)24/h5-10H,11,23-24H2,1-4H3. The van der Waals surface area contributed by atoms with Gasteiger partial charge in [0.1, 0.15) is 18.2 Å². The van der Waals surface area contributed by atoms with Crippen LogP contribution in [-0.2, 0) is 6.61 Å². The molecule has 0 saturated heterocycles. The molecular formula is C20H24ClFN4O. The Labute approximate surface area is 164 Å².